The molecule has 1 aromatic heterocycles. The number of hydrogen-bond donors (Lipinski definition) is 1. The summed E-state index contributed by atoms with van der Waals surface area (Å²) in [7, 11) is 0. The van der Waals surface area contributed by atoms with Gasteiger partial charge in [0.15, 0.2) is 0 Å². The lowest BCUT2D eigenvalue weighted by Gasteiger charge is -2.24. The van der Waals surface area contributed by atoms with Gasteiger partial charge >= 0.3 is 0 Å². The van der Waals surface area contributed by atoms with Gasteiger partial charge in [-0.25, -0.2) is 4.98 Å². The summed E-state index contributed by atoms with van der Waals surface area (Å²) >= 11 is 12.1. The van der Waals surface area contributed by atoms with E-state index >= 15 is 0 Å². The molecule has 9 heteroatoms. The first kappa shape index (κ1) is 23.0. The highest BCUT2D eigenvalue weighted by molar-refractivity contribution is 6.42. The average Bonchev–Trinajstić information content (AvgIpc) is 2.98. The Bertz CT molecular complexity index is 819. The number of fused-ring (bicyclic) bond motifs is 2. The predicted molar refractivity (Wildman–Crippen MR) is 116 cm³/mol. The summed E-state index contributed by atoms with van der Waals surface area (Å²) in [6.45, 7) is 1.54. The number of carbonyl (C=O) groups excluding carboxylic acids is 1. The molecule has 0 saturated carbocycles. The summed E-state index contributed by atoms with van der Waals surface area (Å²) in [4.78, 5) is 18.9. The molecule has 2 aliphatic rings. The third-order valence-corrected chi connectivity index (χ3v) is 5.73. The summed E-state index contributed by atoms with van der Waals surface area (Å²) in [5.41, 5.74) is 0.562. The number of carbonyl (C=O) groups is 1. The van der Waals surface area contributed by atoms with E-state index in [1.54, 1.807) is 36.5 Å². The number of aromatic nitrogens is 1. The van der Waals surface area contributed by atoms with Gasteiger partial charge in [-0.3, -0.25) is 4.79 Å². The van der Waals surface area contributed by atoms with Crippen LogP contribution in [0.1, 0.15) is 29.6 Å². The minimum absolute atomic E-state index is 0. The minimum atomic E-state index is 0. The summed E-state index contributed by atoms with van der Waals surface area (Å²) in [5.74, 6) is 0.807. The molecule has 1 N–H and O–H groups in total. The van der Waals surface area contributed by atoms with Crippen molar-refractivity contribution in [2.45, 2.75) is 31.3 Å². The van der Waals surface area contributed by atoms with Gasteiger partial charge in [0.25, 0.3) is 5.91 Å². The number of halogens is 4. The van der Waals surface area contributed by atoms with Crippen molar-refractivity contribution in [3.05, 3.63) is 52.1 Å². The third kappa shape index (κ3) is 5.02. The fourth-order valence-electron chi connectivity index (χ4n) is 3.55. The van der Waals surface area contributed by atoms with Crippen LogP contribution in [-0.4, -0.2) is 41.0 Å². The van der Waals surface area contributed by atoms with E-state index in [9.17, 15) is 4.79 Å². The zero-order chi connectivity index (χ0) is 18.1. The van der Waals surface area contributed by atoms with E-state index in [-0.39, 0.29) is 30.7 Å². The summed E-state index contributed by atoms with van der Waals surface area (Å²) < 4.78 is 5.67. The van der Waals surface area contributed by atoms with Crippen molar-refractivity contribution in [3.8, 4) is 11.6 Å². The normalized spacial score (nSPS) is 20.6. The number of ether oxygens (including phenoxy) is 1. The molecular weight excluding hydrogens is 444 g/mol. The van der Waals surface area contributed by atoms with Crippen molar-refractivity contribution in [1.29, 1.82) is 0 Å². The van der Waals surface area contributed by atoms with E-state index in [0.717, 1.165) is 25.9 Å². The lowest BCUT2D eigenvalue weighted by molar-refractivity contribution is 0.0747. The third-order valence-electron chi connectivity index (χ3n) is 4.92. The standard InChI is InChI=1S/C19H19Cl2N3O2.2ClH/c20-15-2-1-3-16(18(15)21)26-17-7-4-12(10-22-17)19(25)24-9-8-13-5-6-14(11-24)23-13;;/h1-4,7,10,13-14,23H,5-6,8-9,11H2;2*1H. The maximum absolute atomic E-state index is 12.8. The minimum Gasteiger partial charge on any atom is -0.437 e. The van der Waals surface area contributed by atoms with Crippen LogP contribution in [0.15, 0.2) is 36.5 Å². The maximum Gasteiger partial charge on any atom is 0.255 e. The molecule has 28 heavy (non-hydrogen) atoms. The molecule has 5 nitrogen and oxygen atoms in total. The number of pyridine rings is 1. The zero-order valence-corrected chi connectivity index (χ0v) is 18.1. The fraction of sp³-hybridized carbons (Fsp3) is 0.368. The lowest BCUT2D eigenvalue weighted by Crippen LogP contribution is -2.39. The van der Waals surface area contributed by atoms with Crippen molar-refractivity contribution in [2.24, 2.45) is 0 Å². The Hall–Kier alpha value is -1.24. The maximum atomic E-state index is 12.8. The van der Waals surface area contributed by atoms with Crippen LogP contribution in [0.25, 0.3) is 0 Å². The lowest BCUT2D eigenvalue weighted by atomic mass is 10.1. The van der Waals surface area contributed by atoms with Crippen LogP contribution in [0.5, 0.6) is 11.6 Å². The van der Waals surface area contributed by atoms with Crippen molar-refractivity contribution in [3.63, 3.8) is 0 Å². The van der Waals surface area contributed by atoms with Crippen molar-refractivity contribution in [1.82, 2.24) is 15.2 Å². The number of nitrogens with zero attached hydrogens (tertiary/aromatic N) is 2. The Labute approximate surface area is 186 Å². The molecule has 0 aliphatic carbocycles. The topological polar surface area (TPSA) is 54.5 Å². The second kappa shape index (κ2) is 9.99. The monoisotopic (exact) mass is 463 g/mol. The molecule has 2 unspecified atom stereocenters. The molecule has 0 radical (unpaired) electrons. The van der Waals surface area contributed by atoms with Gasteiger partial charge in [0.05, 0.1) is 10.6 Å². The van der Waals surface area contributed by atoms with Crippen LogP contribution in [-0.2, 0) is 0 Å². The van der Waals surface area contributed by atoms with Gasteiger partial charge in [0.1, 0.15) is 10.8 Å². The van der Waals surface area contributed by atoms with Crippen molar-refractivity contribution < 1.29 is 9.53 Å². The smallest absolute Gasteiger partial charge is 0.255 e. The van der Waals surface area contributed by atoms with Gasteiger partial charge in [0, 0.05) is 37.4 Å². The molecule has 2 aromatic rings. The molecule has 2 saturated heterocycles. The van der Waals surface area contributed by atoms with Gasteiger partial charge in [-0.05, 0) is 37.5 Å². The van der Waals surface area contributed by atoms with Crippen molar-refractivity contribution >= 4 is 53.9 Å². The average molecular weight is 465 g/mol. The molecule has 1 amide bonds. The fourth-order valence-corrected chi connectivity index (χ4v) is 3.88. The van der Waals surface area contributed by atoms with Gasteiger partial charge in [-0.15, -0.1) is 24.8 Å². The first-order valence-corrected chi connectivity index (χ1v) is 9.49. The number of likely N-dealkylation sites (tertiary alicyclic amines) is 1. The SMILES string of the molecule is Cl.Cl.O=C(c1ccc(Oc2cccc(Cl)c2Cl)nc1)N1CCC2CCC(C1)N2. The van der Waals surface area contributed by atoms with Gasteiger partial charge in [-0.2, -0.15) is 0 Å². The summed E-state index contributed by atoms with van der Waals surface area (Å²) in [6.07, 6.45) is 4.91. The van der Waals surface area contributed by atoms with Crippen LogP contribution in [0.2, 0.25) is 10.0 Å². The van der Waals surface area contributed by atoms with E-state index in [2.05, 4.69) is 10.3 Å². The van der Waals surface area contributed by atoms with E-state index < -0.39 is 0 Å². The zero-order valence-electron chi connectivity index (χ0n) is 14.9. The number of hydrogen-bond acceptors (Lipinski definition) is 4. The molecular formula is C19H21Cl4N3O2. The number of nitrogens with one attached hydrogen (secondary N) is 1. The largest absolute Gasteiger partial charge is 0.437 e. The van der Waals surface area contributed by atoms with Crippen LogP contribution in [0.3, 0.4) is 0 Å². The Morgan fingerprint density at radius 1 is 1.11 bits per heavy atom. The Kier molecular flexibility index (Phi) is 8.22. The molecule has 0 spiro atoms. The Morgan fingerprint density at radius 2 is 1.89 bits per heavy atom. The second-order valence-corrected chi connectivity index (χ2v) is 7.50. The van der Waals surface area contributed by atoms with Gasteiger partial charge in [0.2, 0.25) is 5.88 Å². The van der Waals surface area contributed by atoms with Crippen LogP contribution in [0.4, 0.5) is 0 Å². The van der Waals surface area contributed by atoms with Crippen LogP contribution < -0.4 is 10.1 Å². The highest BCUT2D eigenvalue weighted by Crippen LogP contribution is 2.34. The van der Waals surface area contributed by atoms with E-state index in [1.165, 1.54) is 6.42 Å². The second-order valence-electron chi connectivity index (χ2n) is 6.72. The van der Waals surface area contributed by atoms with E-state index in [0.29, 0.717) is 39.3 Å². The Morgan fingerprint density at radius 3 is 2.64 bits per heavy atom. The van der Waals surface area contributed by atoms with Crippen LogP contribution in [0, 0.1) is 0 Å². The van der Waals surface area contributed by atoms with E-state index in [1.807, 2.05) is 4.90 Å². The van der Waals surface area contributed by atoms with Crippen molar-refractivity contribution in [2.75, 3.05) is 13.1 Å². The number of rotatable bonds is 3. The molecule has 2 atom stereocenters. The van der Waals surface area contributed by atoms with Gasteiger partial charge in [-0.1, -0.05) is 29.3 Å². The quantitative estimate of drug-likeness (QED) is 0.694. The predicted octanol–water partition coefficient (Wildman–Crippen LogP) is 4.99. The molecule has 2 fully saturated rings. The highest BCUT2D eigenvalue weighted by Gasteiger charge is 2.31. The molecule has 4 rings (SSSR count). The number of amides is 1. The first-order chi connectivity index (χ1) is 12.6. The molecule has 152 valence electrons. The molecule has 2 bridgehead atoms. The van der Waals surface area contributed by atoms with Crippen LogP contribution >= 0.6 is 48.0 Å². The number of benzene rings is 1. The molecule has 2 aliphatic heterocycles. The van der Waals surface area contributed by atoms with Gasteiger partial charge < -0.3 is 15.0 Å². The Balaban J connectivity index is 0.00000140. The first-order valence-electron chi connectivity index (χ1n) is 8.73. The molecule has 3 heterocycles. The van der Waals surface area contributed by atoms with E-state index in [4.69, 9.17) is 27.9 Å². The summed E-state index contributed by atoms with van der Waals surface area (Å²) in [5, 5.41) is 4.34. The summed E-state index contributed by atoms with van der Waals surface area (Å²) in [6, 6.07) is 9.53. The highest BCUT2D eigenvalue weighted by atomic mass is 35.5. The molecule has 1 aromatic carbocycles.